The maximum absolute atomic E-state index is 13.3. The lowest BCUT2D eigenvalue weighted by atomic mass is 10.1. The Kier molecular flexibility index (Phi) is 3.38. The Balaban J connectivity index is 2.10. The summed E-state index contributed by atoms with van der Waals surface area (Å²) in [7, 11) is 1.94. The largest absolute Gasteiger partial charge is 0.348 e. The van der Waals surface area contributed by atoms with Gasteiger partial charge in [0, 0.05) is 12.6 Å². The van der Waals surface area contributed by atoms with E-state index in [9.17, 15) is 13.6 Å². The van der Waals surface area contributed by atoms with E-state index in [-0.39, 0.29) is 6.04 Å². The van der Waals surface area contributed by atoms with E-state index in [1.807, 2.05) is 7.05 Å². The average molecular weight is 240 g/mol. The molecule has 1 aliphatic rings. The number of hydrogen-bond donors (Lipinski definition) is 1. The molecule has 92 valence electrons. The van der Waals surface area contributed by atoms with Crippen molar-refractivity contribution in [2.75, 3.05) is 20.1 Å². The zero-order chi connectivity index (χ0) is 12.4. The molecule has 0 aromatic heterocycles. The van der Waals surface area contributed by atoms with Gasteiger partial charge in [-0.05, 0) is 32.1 Å². The fourth-order valence-corrected chi connectivity index (χ4v) is 2.03. The molecular formula is C12H14F2N2O. The lowest BCUT2D eigenvalue weighted by Crippen LogP contribution is -2.37. The first-order chi connectivity index (χ1) is 8.08. The number of carbonyl (C=O) groups excluding carboxylic acids is 1. The van der Waals surface area contributed by atoms with Crippen LogP contribution < -0.4 is 5.32 Å². The van der Waals surface area contributed by atoms with Gasteiger partial charge in [0.1, 0.15) is 17.2 Å². The minimum atomic E-state index is -0.825. The monoisotopic (exact) mass is 240 g/mol. The van der Waals surface area contributed by atoms with E-state index in [2.05, 4.69) is 10.2 Å². The van der Waals surface area contributed by atoms with Crippen molar-refractivity contribution in [3.05, 3.63) is 35.4 Å². The smallest absolute Gasteiger partial charge is 0.257 e. The Morgan fingerprint density at radius 1 is 1.41 bits per heavy atom. The van der Waals surface area contributed by atoms with E-state index in [4.69, 9.17) is 0 Å². The van der Waals surface area contributed by atoms with Crippen LogP contribution in [0.25, 0.3) is 0 Å². The van der Waals surface area contributed by atoms with E-state index in [1.54, 1.807) is 0 Å². The molecule has 1 aromatic carbocycles. The first-order valence-electron chi connectivity index (χ1n) is 5.51. The highest BCUT2D eigenvalue weighted by Gasteiger charge is 2.24. The van der Waals surface area contributed by atoms with Gasteiger partial charge in [-0.3, -0.25) is 4.79 Å². The summed E-state index contributed by atoms with van der Waals surface area (Å²) < 4.78 is 26.7. The highest BCUT2D eigenvalue weighted by Crippen LogP contribution is 2.13. The highest BCUT2D eigenvalue weighted by atomic mass is 19.1. The summed E-state index contributed by atoms with van der Waals surface area (Å²) in [5.41, 5.74) is -0.498. The van der Waals surface area contributed by atoms with E-state index < -0.39 is 23.1 Å². The maximum atomic E-state index is 13.3. The van der Waals surface area contributed by atoms with Gasteiger partial charge in [-0.1, -0.05) is 6.07 Å². The van der Waals surface area contributed by atoms with Gasteiger partial charge in [-0.25, -0.2) is 8.78 Å². The van der Waals surface area contributed by atoms with Crippen LogP contribution >= 0.6 is 0 Å². The normalized spacial score (nSPS) is 20.5. The summed E-state index contributed by atoms with van der Waals surface area (Å²) in [5.74, 6) is -2.33. The Morgan fingerprint density at radius 3 is 2.59 bits per heavy atom. The molecule has 0 bridgehead atoms. The van der Waals surface area contributed by atoms with Crippen LogP contribution in [0.3, 0.4) is 0 Å². The zero-order valence-electron chi connectivity index (χ0n) is 9.54. The zero-order valence-corrected chi connectivity index (χ0v) is 9.54. The second kappa shape index (κ2) is 4.79. The van der Waals surface area contributed by atoms with Crippen molar-refractivity contribution in [3.8, 4) is 0 Å². The first-order valence-corrected chi connectivity index (χ1v) is 5.51. The number of rotatable bonds is 2. The molecule has 17 heavy (non-hydrogen) atoms. The third kappa shape index (κ3) is 2.61. The lowest BCUT2D eigenvalue weighted by molar-refractivity contribution is 0.0930. The summed E-state index contributed by atoms with van der Waals surface area (Å²) in [6.45, 7) is 1.59. The third-order valence-electron chi connectivity index (χ3n) is 2.92. The second-order valence-electron chi connectivity index (χ2n) is 4.32. The molecule has 0 aliphatic carbocycles. The van der Waals surface area contributed by atoms with Gasteiger partial charge in [-0.15, -0.1) is 0 Å². The van der Waals surface area contributed by atoms with Crippen LogP contribution in [0.4, 0.5) is 8.78 Å². The molecule has 0 spiro atoms. The number of likely N-dealkylation sites (tertiary alicyclic amines) is 1. The predicted molar refractivity (Wildman–Crippen MR) is 59.7 cm³/mol. The van der Waals surface area contributed by atoms with Crippen molar-refractivity contribution >= 4 is 5.91 Å². The van der Waals surface area contributed by atoms with Crippen LogP contribution in [0.2, 0.25) is 0 Å². The molecule has 1 amide bonds. The second-order valence-corrected chi connectivity index (χ2v) is 4.32. The Hall–Kier alpha value is -1.49. The molecule has 1 fully saturated rings. The molecule has 1 aliphatic heterocycles. The molecule has 2 rings (SSSR count). The minimum absolute atomic E-state index is 0.0356. The summed E-state index contributed by atoms with van der Waals surface area (Å²) in [4.78, 5) is 13.8. The van der Waals surface area contributed by atoms with E-state index >= 15 is 0 Å². The highest BCUT2D eigenvalue weighted by molar-refractivity contribution is 5.94. The Bertz CT molecular complexity index is 416. The molecule has 1 aromatic rings. The van der Waals surface area contributed by atoms with E-state index in [1.165, 1.54) is 6.07 Å². The molecule has 1 N–H and O–H groups in total. The summed E-state index contributed by atoms with van der Waals surface area (Å²) in [6, 6.07) is 3.37. The summed E-state index contributed by atoms with van der Waals surface area (Å²) >= 11 is 0. The van der Waals surface area contributed by atoms with Gasteiger partial charge in [0.05, 0.1) is 0 Å². The summed E-state index contributed by atoms with van der Waals surface area (Å²) in [5, 5.41) is 2.65. The maximum Gasteiger partial charge on any atom is 0.257 e. The SMILES string of the molecule is CN1CCC(NC(=O)c2c(F)cccc2F)C1. The van der Waals surface area contributed by atoms with Crippen molar-refractivity contribution in [3.63, 3.8) is 0 Å². The van der Waals surface area contributed by atoms with Crippen LogP contribution in [0.15, 0.2) is 18.2 Å². The number of amides is 1. The molecule has 1 atom stereocenters. The fourth-order valence-electron chi connectivity index (χ4n) is 2.03. The van der Waals surface area contributed by atoms with Gasteiger partial charge < -0.3 is 10.2 Å². The van der Waals surface area contributed by atoms with Crippen LogP contribution in [-0.2, 0) is 0 Å². The molecule has 1 saturated heterocycles. The lowest BCUT2D eigenvalue weighted by Gasteiger charge is -2.13. The van der Waals surface area contributed by atoms with Crippen LogP contribution in [0.5, 0.6) is 0 Å². The van der Waals surface area contributed by atoms with Gasteiger partial charge in [0.2, 0.25) is 0 Å². The molecule has 3 nitrogen and oxygen atoms in total. The fraction of sp³-hybridized carbons (Fsp3) is 0.417. The third-order valence-corrected chi connectivity index (χ3v) is 2.92. The van der Waals surface area contributed by atoms with Crippen molar-refractivity contribution in [1.29, 1.82) is 0 Å². The molecule has 1 unspecified atom stereocenters. The number of carbonyl (C=O) groups is 1. The number of nitrogens with zero attached hydrogens (tertiary/aromatic N) is 1. The summed E-state index contributed by atoms with van der Waals surface area (Å²) in [6.07, 6.45) is 0.804. The standard InChI is InChI=1S/C12H14F2N2O/c1-16-6-5-8(7-16)15-12(17)11-9(13)3-2-4-10(11)14/h2-4,8H,5-7H2,1H3,(H,15,17). The molecule has 0 radical (unpaired) electrons. The quantitative estimate of drug-likeness (QED) is 0.847. The Morgan fingerprint density at radius 2 is 2.06 bits per heavy atom. The van der Waals surface area contributed by atoms with Crippen LogP contribution in [0, 0.1) is 11.6 Å². The number of halogens is 2. The topological polar surface area (TPSA) is 32.3 Å². The molecule has 5 heteroatoms. The first kappa shape index (κ1) is 12.0. The van der Waals surface area contributed by atoms with Gasteiger partial charge in [-0.2, -0.15) is 0 Å². The van der Waals surface area contributed by atoms with Crippen molar-refractivity contribution in [2.45, 2.75) is 12.5 Å². The van der Waals surface area contributed by atoms with Gasteiger partial charge >= 0.3 is 0 Å². The number of nitrogens with one attached hydrogen (secondary N) is 1. The van der Waals surface area contributed by atoms with Crippen molar-refractivity contribution in [1.82, 2.24) is 10.2 Å². The van der Waals surface area contributed by atoms with E-state index in [0.29, 0.717) is 6.54 Å². The van der Waals surface area contributed by atoms with Crippen molar-refractivity contribution in [2.24, 2.45) is 0 Å². The molecular weight excluding hydrogens is 226 g/mol. The van der Waals surface area contributed by atoms with Gasteiger partial charge in [0.15, 0.2) is 0 Å². The van der Waals surface area contributed by atoms with Crippen LogP contribution in [-0.4, -0.2) is 37.0 Å². The minimum Gasteiger partial charge on any atom is -0.348 e. The van der Waals surface area contributed by atoms with Crippen molar-refractivity contribution < 1.29 is 13.6 Å². The molecule has 0 saturated carbocycles. The Labute approximate surface area is 98.4 Å². The average Bonchev–Trinajstić information content (AvgIpc) is 2.63. The number of hydrogen-bond acceptors (Lipinski definition) is 2. The number of benzene rings is 1. The predicted octanol–water partition coefficient (Wildman–Crippen LogP) is 1.40. The number of likely N-dealkylation sites (N-methyl/N-ethyl adjacent to an activating group) is 1. The molecule has 1 heterocycles. The van der Waals surface area contributed by atoms with Crippen LogP contribution in [0.1, 0.15) is 16.8 Å². The van der Waals surface area contributed by atoms with Gasteiger partial charge in [0.25, 0.3) is 5.91 Å². The van der Waals surface area contributed by atoms with E-state index in [0.717, 1.165) is 25.1 Å².